The molecule has 3 unspecified atom stereocenters. The first-order valence-electron chi connectivity index (χ1n) is 10.5. The Hall–Kier alpha value is -1.67. The minimum absolute atomic E-state index is 0.196. The summed E-state index contributed by atoms with van der Waals surface area (Å²) in [7, 11) is -0.747. The highest BCUT2D eigenvalue weighted by Crippen LogP contribution is 2.29. The van der Waals surface area contributed by atoms with Crippen molar-refractivity contribution in [1.29, 1.82) is 0 Å². The van der Waals surface area contributed by atoms with Gasteiger partial charge in [-0.25, -0.2) is 4.39 Å². The maximum Gasteiger partial charge on any atom is 0.191 e. The molecule has 6 nitrogen and oxygen atoms in total. The Bertz CT molecular complexity index is 744. The van der Waals surface area contributed by atoms with Crippen LogP contribution in [0.5, 0.6) is 5.75 Å². The SMILES string of the molecule is CCNC(=NCCc1cc(F)cc2c1OCOC2)NC1CCCC(S(=O)CC)C1. The topological polar surface area (TPSA) is 72.0 Å². The second-order valence-corrected chi connectivity index (χ2v) is 9.48. The lowest BCUT2D eigenvalue weighted by Crippen LogP contribution is -2.46. The molecule has 1 heterocycles. The second-order valence-electron chi connectivity index (χ2n) is 7.47. The number of ether oxygens (including phenoxy) is 2. The fourth-order valence-corrected chi connectivity index (χ4v) is 5.34. The highest BCUT2D eigenvalue weighted by Gasteiger charge is 2.26. The maximum atomic E-state index is 13.9. The van der Waals surface area contributed by atoms with Gasteiger partial charge in [0.25, 0.3) is 0 Å². The molecule has 29 heavy (non-hydrogen) atoms. The molecule has 0 spiro atoms. The highest BCUT2D eigenvalue weighted by molar-refractivity contribution is 7.85. The lowest BCUT2D eigenvalue weighted by molar-refractivity contribution is -0.0172. The fourth-order valence-electron chi connectivity index (χ4n) is 3.99. The van der Waals surface area contributed by atoms with Crippen LogP contribution in [0.15, 0.2) is 17.1 Å². The van der Waals surface area contributed by atoms with Crippen molar-refractivity contribution in [1.82, 2.24) is 10.6 Å². The van der Waals surface area contributed by atoms with Crippen LogP contribution < -0.4 is 15.4 Å². The lowest BCUT2D eigenvalue weighted by atomic mass is 9.95. The van der Waals surface area contributed by atoms with Gasteiger partial charge in [-0.15, -0.1) is 0 Å². The smallest absolute Gasteiger partial charge is 0.191 e. The summed E-state index contributed by atoms with van der Waals surface area (Å²) >= 11 is 0. The Morgan fingerprint density at radius 3 is 3.00 bits per heavy atom. The van der Waals surface area contributed by atoms with Gasteiger partial charge in [-0.3, -0.25) is 9.20 Å². The molecule has 0 aromatic heterocycles. The molecule has 0 radical (unpaired) electrons. The maximum absolute atomic E-state index is 13.9. The molecule has 2 aliphatic rings. The predicted octanol–water partition coefficient (Wildman–Crippen LogP) is 2.87. The molecule has 2 N–H and O–H groups in total. The third kappa shape index (κ3) is 6.15. The van der Waals surface area contributed by atoms with Crippen molar-refractivity contribution in [2.24, 2.45) is 4.99 Å². The number of nitrogens with one attached hydrogen (secondary N) is 2. The summed E-state index contributed by atoms with van der Waals surface area (Å²) in [5.41, 5.74) is 1.57. The third-order valence-corrected chi connectivity index (χ3v) is 7.11. The van der Waals surface area contributed by atoms with Gasteiger partial charge in [0.05, 0.1) is 6.61 Å². The zero-order chi connectivity index (χ0) is 20.6. The monoisotopic (exact) mass is 425 g/mol. The molecule has 1 aromatic rings. The number of rotatable bonds is 7. The molecule has 0 saturated heterocycles. The molecule has 3 rings (SSSR count). The van der Waals surface area contributed by atoms with Crippen LogP contribution in [-0.4, -0.2) is 47.1 Å². The van der Waals surface area contributed by atoms with Gasteiger partial charge in [0.15, 0.2) is 12.8 Å². The van der Waals surface area contributed by atoms with E-state index in [1.165, 1.54) is 12.1 Å². The molecule has 1 fully saturated rings. The van der Waals surface area contributed by atoms with Crippen LogP contribution in [-0.2, 0) is 28.6 Å². The Labute approximate surface area is 175 Å². The van der Waals surface area contributed by atoms with Crippen LogP contribution in [0.25, 0.3) is 0 Å². The first kappa shape index (κ1) is 22.0. The first-order valence-corrected chi connectivity index (χ1v) is 11.9. The van der Waals surface area contributed by atoms with E-state index in [0.29, 0.717) is 19.6 Å². The van der Waals surface area contributed by atoms with Gasteiger partial charge in [-0.2, -0.15) is 0 Å². The van der Waals surface area contributed by atoms with Gasteiger partial charge >= 0.3 is 0 Å². The Morgan fingerprint density at radius 2 is 2.21 bits per heavy atom. The van der Waals surface area contributed by atoms with Gasteiger partial charge in [0.1, 0.15) is 11.6 Å². The number of hydrogen-bond donors (Lipinski definition) is 2. The molecule has 0 amide bonds. The summed E-state index contributed by atoms with van der Waals surface area (Å²) < 4.78 is 36.9. The number of guanidine groups is 1. The van der Waals surface area contributed by atoms with Crippen molar-refractivity contribution in [3.63, 3.8) is 0 Å². The third-order valence-electron chi connectivity index (χ3n) is 5.37. The molecule has 162 valence electrons. The highest BCUT2D eigenvalue weighted by atomic mass is 32.2. The van der Waals surface area contributed by atoms with E-state index in [2.05, 4.69) is 15.6 Å². The number of nitrogens with zero attached hydrogens (tertiary/aromatic N) is 1. The lowest BCUT2D eigenvalue weighted by Gasteiger charge is -2.30. The molecule has 0 bridgehead atoms. The molecular formula is C21H32FN3O3S. The fraction of sp³-hybridized carbons (Fsp3) is 0.667. The molecule has 1 aliphatic heterocycles. The van der Waals surface area contributed by atoms with Crippen molar-refractivity contribution < 1.29 is 18.1 Å². The van der Waals surface area contributed by atoms with Gasteiger partial charge in [-0.05, 0) is 50.3 Å². The van der Waals surface area contributed by atoms with E-state index in [-0.39, 0.29) is 23.9 Å². The first-order chi connectivity index (χ1) is 14.1. The van der Waals surface area contributed by atoms with E-state index in [1.54, 1.807) is 0 Å². The van der Waals surface area contributed by atoms with Crippen molar-refractivity contribution in [2.45, 2.75) is 63.9 Å². The largest absolute Gasteiger partial charge is 0.467 e. The Kier molecular flexibility index (Phi) is 8.29. The van der Waals surface area contributed by atoms with Crippen molar-refractivity contribution in [3.8, 4) is 5.75 Å². The minimum atomic E-state index is -0.747. The molecular weight excluding hydrogens is 393 g/mol. The summed E-state index contributed by atoms with van der Waals surface area (Å²) in [6, 6.07) is 3.27. The number of benzene rings is 1. The molecule has 8 heteroatoms. The number of halogens is 1. The van der Waals surface area contributed by atoms with E-state index in [1.807, 2.05) is 13.8 Å². The summed E-state index contributed by atoms with van der Waals surface area (Å²) in [4.78, 5) is 4.68. The zero-order valence-electron chi connectivity index (χ0n) is 17.3. The molecule has 1 saturated carbocycles. The van der Waals surface area contributed by atoms with Crippen LogP contribution in [0.2, 0.25) is 0 Å². The van der Waals surface area contributed by atoms with Gasteiger partial charge in [-0.1, -0.05) is 13.3 Å². The molecule has 1 aromatic carbocycles. The number of aliphatic imine (C=N–C) groups is 1. The summed E-state index contributed by atoms with van der Waals surface area (Å²) in [6.07, 6.45) is 4.69. The summed E-state index contributed by atoms with van der Waals surface area (Å²) in [6.45, 7) is 5.87. The quantitative estimate of drug-likeness (QED) is 0.519. The molecule has 3 atom stereocenters. The van der Waals surface area contributed by atoms with Crippen molar-refractivity contribution >= 4 is 16.8 Å². The van der Waals surface area contributed by atoms with Gasteiger partial charge in [0, 0.05) is 46.5 Å². The number of fused-ring (bicyclic) bond motifs is 1. The Balaban J connectivity index is 1.61. The standard InChI is InChI=1S/C21H32FN3O3S/c1-3-23-21(25-18-6-5-7-19(12-18)29(26)4-2)24-9-8-15-10-17(22)11-16-13-27-14-28-20(15)16/h10-11,18-19H,3-9,12-14H2,1-2H3,(H2,23,24,25). The average molecular weight is 426 g/mol. The normalized spacial score (nSPS) is 23.1. The van der Waals surface area contributed by atoms with E-state index < -0.39 is 10.8 Å². The van der Waals surface area contributed by atoms with Crippen LogP contribution in [0.1, 0.15) is 50.7 Å². The van der Waals surface area contributed by atoms with Crippen molar-refractivity contribution in [2.75, 3.05) is 25.6 Å². The molecule has 1 aliphatic carbocycles. The van der Waals surface area contributed by atoms with E-state index in [9.17, 15) is 8.60 Å². The van der Waals surface area contributed by atoms with Crippen LogP contribution in [0.3, 0.4) is 0 Å². The Morgan fingerprint density at radius 1 is 1.34 bits per heavy atom. The summed E-state index contributed by atoms with van der Waals surface area (Å²) in [5, 5.41) is 7.06. The van der Waals surface area contributed by atoms with Crippen molar-refractivity contribution in [3.05, 3.63) is 29.1 Å². The summed E-state index contributed by atoms with van der Waals surface area (Å²) in [5.74, 6) is 1.92. The zero-order valence-corrected chi connectivity index (χ0v) is 18.2. The van der Waals surface area contributed by atoms with Gasteiger partial charge < -0.3 is 20.1 Å². The second kappa shape index (κ2) is 10.9. The van der Waals surface area contributed by atoms with Crippen LogP contribution in [0.4, 0.5) is 4.39 Å². The van der Waals surface area contributed by atoms with Crippen LogP contribution >= 0.6 is 0 Å². The van der Waals surface area contributed by atoms with Gasteiger partial charge in [0.2, 0.25) is 0 Å². The van der Waals surface area contributed by atoms with E-state index in [0.717, 1.165) is 60.8 Å². The minimum Gasteiger partial charge on any atom is -0.467 e. The number of hydrogen-bond acceptors (Lipinski definition) is 4. The average Bonchev–Trinajstić information content (AvgIpc) is 2.73. The van der Waals surface area contributed by atoms with E-state index in [4.69, 9.17) is 9.47 Å². The van der Waals surface area contributed by atoms with E-state index >= 15 is 0 Å². The van der Waals surface area contributed by atoms with Crippen LogP contribution in [0, 0.1) is 5.82 Å². The predicted molar refractivity (Wildman–Crippen MR) is 114 cm³/mol.